The lowest BCUT2D eigenvalue weighted by Gasteiger charge is -2.32. The van der Waals surface area contributed by atoms with Crippen molar-refractivity contribution in [3.05, 3.63) is 35.4 Å². The van der Waals surface area contributed by atoms with Crippen LogP contribution in [0.3, 0.4) is 0 Å². The van der Waals surface area contributed by atoms with Crippen molar-refractivity contribution in [1.82, 2.24) is 4.90 Å². The summed E-state index contributed by atoms with van der Waals surface area (Å²) in [6.07, 6.45) is 3.78. The molecule has 1 aromatic rings. The second-order valence-electron chi connectivity index (χ2n) is 5.26. The van der Waals surface area contributed by atoms with E-state index >= 15 is 0 Å². The predicted octanol–water partition coefficient (Wildman–Crippen LogP) is 3.16. The van der Waals surface area contributed by atoms with Gasteiger partial charge in [-0.2, -0.15) is 0 Å². The number of likely N-dealkylation sites (tertiary alicyclic amines) is 1. The fourth-order valence-electron chi connectivity index (χ4n) is 2.65. The number of aryl methyl sites for hydroxylation is 1. The smallest absolute Gasteiger partial charge is 0.219 e. The van der Waals surface area contributed by atoms with E-state index < -0.39 is 11.6 Å². The van der Waals surface area contributed by atoms with E-state index in [1.165, 1.54) is 12.1 Å². The Balaban J connectivity index is 1.87. The highest BCUT2D eigenvalue weighted by molar-refractivity contribution is 5.73. The third-order valence-corrected chi connectivity index (χ3v) is 3.79. The number of hydrogen-bond donors (Lipinski definition) is 0. The fourth-order valence-corrected chi connectivity index (χ4v) is 2.65. The van der Waals surface area contributed by atoms with E-state index in [-0.39, 0.29) is 5.91 Å². The molecule has 19 heavy (non-hydrogen) atoms. The van der Waals surface area contributed by atoms with E-state index in [0.717, 1.165) is 44.3 Å². The second kappa shape index (κ2) is 6.13. The first-order valence-corrected chi connectivity index (χ1v) is 6.75. The van der Waals surface area contributed by atoms with Crippen LogP contribution in [0.2, 0.25) is 0 Å². The molecule has 0 N–H and O–H groups in total. The van der Waals surface area contributed by atoms with Gasteiger partial charge in [-0.1, -0.05) is 6.07 Å². The average molecular weight is 267 g/mol. The Bertz CT molecular complexity index is 461. The fraction of sp³-hybridized carbons (Fsp3) is 0.533. The first kappa shape index (κ1) is 14.0. The molecule has 4 heteroatoms. The van der Waals surface area contributed by atoms with Crippen LogP contribution in [0.1, 0.15) is 31.7 Å². The lowest BCUT2D eigenvalue weighted by atomic mass is 9.91. The van der Waals surface area contributed by atoms with Crippen molar-refractivity contribution in [2.24, 2.45) is 5.92 Å². The number of carbonyl (C=O) groups is 1. The van der Waals surface area contributed by atoms with Crippen LogP contribution in [0, 0.1) is 17.6 Å². The van der Waals surface area contributed by atoms with Crippen LogP contribution in [0.25, 0.3) is 0 Å². The van der Waals surface area contributed by atoms with Gasteiger partial charge in [0.2, 0.25) is 5.91 Å². The summed E-state index contributed by atoms with van der Waals surface area (Å²) in [5.41, 5.74) is 0.818. The van der Waals surface area contributed by atoms with Gasteiger partial charge in [-0.25, -0.2) is 8.78 Å². The van der Waals surface area contributed by atoms with Crippen molar-refractivity contribution < 1.29 is 13.6 Å². The molecule has 0 bridgehead atoms. The largest absolute Gasteiger partial charge is 0.343 e. The molecular weight excluding hydrogens is 248 g/mol. The highest BCUT2D eigenvalue weighted by Gasteiger charge is 2.21. The Morgan fingerprint density at radius 1 is 1.37 bits per heavy atom. The summed E-state index contributed by atoms with van der Waals surface area (Å²) in [4.78, 5) is 13.2. The minimum atomic E-state index is -0.802. The average Bonchev–Trinajstić information content (AvgIpc) is 2.40. The number of rotatable bonds is 3. The van der Waals surface area contributed by atoms with Crippen LogP contribution in [-0.4, -0.2) is 23.9 Å². The molecule has 0 aromatic heterocycles. The maximum absolute atomic E-state index is 13.1. The predicted molar refractivity (Wildman–Crippen MR) is 69.7 cm³/mol. The molecule has 1 aliphatic rings. The Kier molecular flexibility index (Phi) is 4.51. The quantitative estimate of drug-likeness (QED) is 0.823. The van der Waals surface area contributed by atoms with E-state index in [9.17, 15) is 13.6 Å². The Hall–Kier alpha value is -1.45. The van der Waals surface area contributed by atoms with Crippen molar-refractivity contribution >= 4 is 5.91 Å². The lowest BCUT2D eigenvalue weighted by molar-refractivity contribution is -0.130. The Morgan fingerprint density at radius 2 is 2.16 bits per heavy atom. The van der Waals surface area contributed by atoms with Gasteiger partial charge < -0.3 is 4.90 Å². The van der Waals surface area contributed by atoms with E-state index in [1.54, 1.807) is 13.0 Å². The van der Waals surface area contributed by atoms with Crippen molar-refractivity contribution in [3.63, 3.8) is 0 Å². The lowest BCUT2D eigenvalue weighted by Crippen LogP contribution is -2.38. The monoisotopic (exact) mass is 267 g/mol. The van der Waals surface area contributed by atoms with Crippen molar-refractivity contribution in [3.8, 4) is 0 Å². The SMILES string of the molecule is CC(=O)N1CCC[C@H](CCc2ccc(F)c(F)c2)C1. The van der Waals surface area contributed by atoms with Gasteiger partial charge in [0.15, 0.2) is 11.6 Å². The third kappa shape index (κ3) is 3.75. The normalized spacial score (nSPS) is 19.5. The zero-order valence-corrected chi connectivity index (χ0v) is 11.2. The molecule has 1 amide bonds. The van der Waals surface area contributed by atoms with Gasteiger partial charge in [-0.15, -0.1) is 0 Å². The Labute approximate surface area is 112 Å². The number of benzene rings is 1. The maximum atomic E-state index is 13.1. The first-order chi connectivity index (χ1) is 9.06. The van der Waals surface area contributed by atoms with Crippen LogP contribution in [0.5, 0.6) is 0 Å². The number of amides is 1. The molecule has 0 aliphatic carbocycles. The molecule has 1 heterocycles. The number of halogens is 2. The van der Waals surface area contributed by atoms with E-state index in [1.807, 2.05) is 4.90 Å². The second-order valence-corrected chi connectivity index (χ2v) is 5.26. The van der Waals surface area contributed by atoms with Crippen molar-refractivity contribution in [2.75, 3.05) is 13.1 Å². The number of carbonyl (C=O) groups excluding carboxylic acids is 1. The number of piperidine rings is 1. The summed E-state index contributed by atoms with van der Waals surface area (Å²) in [7, 11) is 0. The van der Waals surface area contributed by atoms with Gasteiger partial charge in [-0.3, -0.25) is 4.79 Å². The summed E-state index contributed by atoms with van der Waals surface area (Å²) in [6.45, 7) is 3.23. The molecule has 1 aromatic carbocycles. The van der Waals surface area contributed by atoms with Gasteiger partial charge in [0.25, 0.3) is 0 Å². The highest BCUT2D eigenvalue weighted by atomic mass is 19.2. The van der Waals surface area contributed by atoms with Crippen LogP contribution in [0.15, 0.2) is 18.2 Å². The van der Waals surface area contributed by atoms with Gasteiger partial charge in [0.05, 0.1) is 0 Å². The summed E-state index contributed by atoms with van der Waals surface area (Å²) < 4.78 is 25.9. The van der Waals surface area contributed by atoms with E-state index in [2.05, 4.69) is 0 Å². The summed E-state index contributed by atoms with van der Waals surface area (Å²) in [5.74, 6) is -1.00. The van der Waals surface area contributed by atoms with Crippen molar-refractivity contribution in [1.29, 1.82) is 0 Å². The molecule has 2 nitrogen and oxygen atoms in total. The van der Waals surface area contributed by atoms with Gasteiger partial charge in [-0.05, 0) is 49.3 Å². The number of hydrogen-bond acceptors (Lipinski definition) is 1. The maximum Gasteiger partial charge on any atom is 0.219 e. The minimum Gasteiger partial charge on any atom is -0.343 e. The molecule has 1 atom stereocenters. The zero-order valence-electron chi connectivity index (χ0n) is 11.2. The Morgan fingerprint density at radius 3 is 2.84 bits per heavy atom. The molecule has 0 radical (unpaired) electrons. The van der Waals surface area contributed by atoms with Crippen LogP contribution in [-0.2, 0) is 11.2 Å². The van der Waals surface area contributed by atoms with Crippen LogP contribution < -0.4 is 0 Å². The molecule has 1 aliphatic heterocycles. The van der Waals surface area contributed by atoms with Crippen molar-refractivity contribution in [2.45, 2.75) is 32.6 Å². The van der Waals surface area contributed by atoms with Crippen LogP contribution >= 0.6 is 0 Å². The standard InChI is InChI=1S/C15H19F2NO/c1-11(19)18-8-2-3-13(10-18)5-4-12-6-7-14(16)15(17)9-12/h6-7,9,13H,2-5,8,10H2,1H3/t13-/m1/s1. The molecule has 1 fully saturated rings. The van der Waals surface area contributed by atoms with Crippen LogP contribution in [0.4, 0.5) is 8.78 Å². The van der Waals surface area contributed by atoms with E-state index in [0.29, 0.717) is 5.92 Å². The molecule has 0 saturated carbocycles. The van der Waals surface area contributed by atoms with Gasteiger partial charge >= 0.3 is 0 Å². The molecule has 2 rings (SSSR count). The summed E-state index contributed by atoms with van der Waals surface area (Å²) >= 11 is 0. The number of nitrogens with zero attached hydrogens (tertiary/aromatic N) is 1. The summed E-state index contributed by atoms with van der Waals surface area (Å²) in [6, 6.07) is 4.07. The molecule has 0 spiro atoms. The third-order valence-electron chi connectivity index (χ3n) is 3.79. The van der Waals surface area contributed by atoms with Gasteiger partial charge in [0.1, 0.15) is 0 Å². The van der Waals surface area contributed by atoms with Gasteiger partial charge in [0, 0.05) is 20.0 Å². The molecule has 104 valence electrons. The molecule has 1 saturated heterocycles. The molecule has 0 unspecified atom stereocenters. The minimum absolute atomic E-state index is 0.123. The zero-order chi connectivity index (χ0) is 13.8. The first-order valence-electron chi connectivity index (χ1n) is 6.75. The van der Waals surface area contributed by atoms with E-state index in [4.69, 9.17) is 0 Å². The molecular formula is C15H19F2NO. The highest BCUT2D eigenvalue weighted by Crippen LogP contribution is 2.22. The topological polar surface area (TPSA) is 20.3 Å². The summed E-state index contributed by atoms with van der Waals surface area (Å²) in [5, 5.41) is 0.